The Balaban J connectivity index is 2.93. The van der Waals surface area contributed by atoms with Gasteiger partial charge in [0.1, 0.15) is 5.78 Å². The third-order valence-corrected chi connectivity index (χ3v) is 4.48. The monoisotopic (exact) mass is 314 g/mol. The maximum atomic E-state index is 12.2. The van der Waals surface area contributed by atoms with Crippen LogP contribution < -0.4 is 4.72 Å². The molecular weight excluding hydrogens is 296 g/mol. The van der Waals surface area contributed by atoms with Gasteiger partial charge in [-0.15, -0.1) is 0 Å². The Hall–Kier alpha value is -1.80. The molecule has 1 aromatic rings. The predicted molar refractivity (Wildman–Crippen MR) is 77.4 cm³/mol. The minimum absolute atomic E-state index is 0.101. The van der Waals surface area contributed by atoms with E-state index in [1.165, 1.54) is 6.92 Å². The number of unbranched alkanes of at least 4 members (excludes halogenated alkanes) is 1. The van der Waals surface area contributed by atoms with Crippen LogP contribution in [0.25, 0.3) is 0 Å². The Labute approximate surface area is 123 Å². The van der Waals surface area contributed by atoms with Gasteiger partial charge in [0.05, 0.1) is 15.9 Å². The quantitative estimate of drug-likeness (QED) is 0.583. The lowest BCUT2D eigenvalue weighted by atomic mass is 10.1. The van der Waals surface area contributed by atoms with Gasteiger partial charge in [-0.3, -0.25) is 14.9 Å². The summed E-state index contributed by atoms with van der Waals surface area (Å²) in [4.78, 5) is 21.3. The number of nitro benzene ring substituents is 1. The van der Waals surface area contributed by atoms with Crippen LogP contribution in [0.4, 0.5) is 5.69 Å². The first-order valence-electron chi connectivity index (χ1n) is 6.55. The lowest BCUT2D eigenvalue weighted by Crippen LogP contribution is -2.39. The number of rotatable bonds is 8. The molecule has 0 aliphatic rings. The number of hydrogen-bond acceptors (Lipinski definition) is 5. The van der Waals surface area contributed by atoms with Crippen LogP contribution in [0.5, 0.6) is 0 Å². The molecule has 1 rings (SSSR count). The molecule has 0 radical (unpaired) electrons. The molecule has 0 unspecified atom stereocenters. The maximum absolute atomic E-state index is 12.2. The normalized spacial score (nSPS) is 12.9. The Morgan fingerprint density at radius 3 is 2.33 bits per heavy atom. The van der Waals surface area contributed by atoms with Crippen molar-refractivity contribution in [3.05, 3.63) is 34.4 Å². The van der Waals surface area contributed by atoms with Crippen molar-refractivity contribution in [3.8, 4) is 0 Å². The zero-order valence-corrected chi connectivity index (χ0v) is 12.7. The SMILES string of the molecule is CCCC[C@H](NS(=O)(=O)c1ccc([N+](=O)[O-])cc1)C(C)=O. The van der Waals surface area contributed by atoms with Crippen LogP contribution in [0.3, 0.4) is 0 Å². The number of hydrogen-bond donors (Lipinski definition) is 1. The van der Waals surface area contributed by atoms with Gasteiger partial charge in [-0.05, 0) is 25.5 Å². The summed E-state index contributed by atoms with van der Waals surface area (Å²) in [5, 5.41) is 10.5. The number of sulfonamides is 1. The van der Waals surface area contributed by atoms with E-state index in [0.29, 0.717) is 6.42 Å². The van der Waals surface area contributed by atoms with E-state index in [0.717, 1.165) is 37.1 Å². The highest BCUT2D eigenvalue weighted by atomic mass is 32.2. The van der Waals surface area contributed by atoms with E-state index in [2.05, 4.69) is 4.72 Å². The van der Waals surface area contributed by atoms with Gasteiger partial charge in [0.2, 0.25) is 10.0 Å². The van der Waals surface area contributed by atoms with Gasteiger partial charge in [-0.1, -0.05) is 19.8 Å². The fourth-order valence-electron chi connectivity index (χ4n) is 1.76. The number of nitrogens with one attached hydrogen (secondary N) is 1. The molecule has 21 heavy (non-hydrogen) atoms. The lowest BCUT2D eigenvalue weighted by molar-refractivity contribution is -0.384. The molecule has 8 heteroatoms. The van der Waals surface area contributed by atoms with Crippen LogP contribution >= 0.6 is 0 Å². The molecule has 0 saturated carbocycles. The third kappa shape index (κ3) is 4.91. The fourth-order valence-corrected chi connectivity index (χ4v) is 3.04. The highest BCUT2D eigenvalue weighted by Gasteiger charge is 2.23. The number of carbonyl (C=O) groups excluding carboxylic acids is 1. The summed E-state index contributed by atoms with van der Waals surface area (Å²) in [6.07, 6.45) is 2.01. The molecule has 116 valence electrons. The highest BCUT2D eigenvalue weighted by molar-refractivity contribution is 7.89. The molecule has 0 bridgehead atoms. The van der Waals surface area contributed by atoms with Crippen molar-refractivity contribution in [1.29, 1.82) is 0 Å². The highest BCUT2D eigenvalue weighted by Crippen LogP contribution is 2.16. The van der Waals surface area contributed by atoms with Gasteiger partial charge in [0.25, 0.3) is 5.69 Å². The Bertz CT molecular complexity index is 610. The van der Waals surface area contributed by atoms with Gasteiger partial charge < -0.3 is 0 Å². The molecule has 1 N–H and O–H groups in total. The van der Waals surface area contributed by atoms with E-state index < -0.39 is 21.0 Å². The van der Waals surface area contributed by atoms with Gasteiger partial charge in [-0.25, -0.2) is 13.1 Å². The van der Waals surface area contributed by atoms with E-state index in [-0.39, 0.29) is 16.4 Å². The first kappa shape index (κ1) is 17.3. The second-order valence-electron chi connectivity index (χ2n) is 4.68. The Morgan fingerprint density at radius 1 is 1.33 bits per heavy atom. The molecule has 0 heterocycles. The van der Waals surface area contributed by atoms with Crippen molar-refractivity contribution >= 4 is 21.5 Å². The fraction of sp³-hybridized carbons (Fsp3) is 0.462. The minimum atomic E-state index is -3.87. The van der Waals surface area contributed by atoms with E-state index >= 15 is 0 Å². The number of non-ortho nitro benzene ring substituents is 1. The second kappa shape index (κ2) is 7.28. The molecule has 0 aliphatic heterocycles. The molecule has 7 nitrogen and oxygen atoms in total. The average Bonchev–Trinajstić information content (AvgIpc) is 2.43. The molecule has 0 amide bonds. The van der Waals surface area contributed by atoms with Crippen LogP contribution in [-0.2, 0) is 14.8 Å². The van der Waals surface area contributed by atoms with Crippen molar-refractivity contribution in [2.45, 2.75) is 44.0 Å². The summed E-state index contributed by atoms with van der Waals surface area (Å²) in [7, 11) is -3.87. The lowest BCUT2D eigenvalue weighted by Gasteiger charge is -2.15. The van der Waals surface area contributed by atoms with E-state index in [1.54, 1.807) is 0 Å². The van der Waals surface area contributed by atoms with Gasteiger partial charge >= 0.3 is 0 Å². The Kier molecular flexibility index (Phi) is 5.98. The molecule has 1 atom stereocenters. The number of ketones is 1. The molecule has 0 fully saturated rings. The van der Waals surface area contributed by atoms with Crippen molar-refractivity contribution < 1.29 is 18.1 Å². The van der Waals surface area contributed by atoms with Crippen molar-refractivity contribution in [2.24, 2.45) is 0 Å². The summed E-state index contributed by atoms with van der Waals surface area (Å²) in [5.41, 5.74) is -0.192. The first-order chi connectivity index (χ1) is 9.77. The topological polar surface area (TPSA) is 106 Å². The zero-order valence-electron chi connectivity index (χ0n) is 11.9. The van der Waals surface area contributed by atoms with Crippen molar-refractivity contribution in [3.63, 3.8) is 0 Å². The molecule has 1 aromatic carbocycles. The summed E-state index contributed by atoms with van der Waals surface area (Å²) < 4.78 is 26.7. The van der Waals surface area contributed by atoms with E-state index in [9.17, 15) is 23.3 Å². The van der Waals surface area contributed by atoms with Crippen LogP contribution in [0.2, 0.25) is 0 Å². The van der Waals surface area contributed by atoms with Crippen molar-refractivity contribution in [1.82, 2.24) is 4.72 Å². The summed E-state index contributed by atoms with van der Waals surface area (Å²) in [6.45, 7) is 3.28. The average molecular weight is 314 g/mol. The number of Topliss-reactive ketones (excluding diaryl/α,β-unsaturated/α-hetero) is 1. The third-order valence-electron chi connectivity index (χ3n) is 2.99. The van der Waals surface area contributed by atoms with Gasteiger partial charge in [0, 0.05) is 12.1 Å². The summed E-state index contributed by atoms with van der Waals surface area (Å²) in [5.74, 6) is -0.256. The van der Waals surface area contributed by atoms with Crippen molar-refractivity contribution in [2.75, 3.05) is 0 Å². The van der Waals surface area contributed by atoms with Crippen LogP contribution in [0.15, 0.2) is 29.2 Å². The van der Waals surface area contributed by atoms with Crippen LogP contribution in [-0.4, -0.2) is 25.2 Å². The molecule has 0 spiro atoms. The van der Waals surface area contributed by atoms with Gasteiger partial charge in [-0.2, -0.15) is 0 Å². The molecule has 0 saturated heterocycles. The minimum Gasteiger partial charge on any atom is -0.298 e. The Morgan fingerprint density at radius 2 is 1.90 bits per heavy atom. The van der Waals surface area contributed by atoms with E-state index in [1.807, 2.05) is 6.92 Å². The summed E-state index contributed by atoms with van der Waals surface area (Å²) >= 11 is 0. The number of nitro groups is 1. The van der Waals surface area contributed by atoms with Crippen LogP contribution in [0, 0.1) is 10.1 Å². The van der Waals surface area contributed by atoms with Gasteiger partial charge in [0.15, 0.2) is 0 Å². The molecule has 0 aromatic heterocycles. The number of carbonyl (C=O) groups is 1. The smallest absolute Gasteiger partial charge is 0.269 e. The molecular formula is C13H18N2O5S. The zero-order chi connectivity index (χ0) is 16.0. The first-order valence-corrected chi connectivity index (χ1v) is 8.03. The number of nitrogens with zero attached hydrogens (tertiary/aromatic N) is 1. The largest absolute Gasteiger partial charge is 0.298 e. The molecule has 0 aliphatic carbocycles. The van der Waals surface area contributed by atoms with Crippen LogP contribution in [0.1, 0.15) is 33.1 Å². The summed E-state index contributed by atoms with van der Waals surface area (Å²) in [6, 6.07) is 3.76. The second-order valence-corrected chi connectivity index (χ2v) is 6.39. The standard InChI is InChI=1S/C13H18N2O5S/c1-3-4-5-13(10(2)16)14-21(19,20)12-8-6-11(7-9-12)15(17)18/h6-9,13-14H,3-5H2,1-2H3/t13-/m0/s1. The number of benzene rings is 1. The van der Waals surface area contributed by atoms with E-state index in [4.69, 9.17) is 0 Å². The maximum Gasteiger partial charge on any atom is 0.269 e. The predicted octanol–water partition coefficient (Wildman–Crippen LogP) is 2.02.